The van der Waals surface area contributed by atoms with Crippen molar-refractivity contribution in [1.29, 1.82) is 5.26 Å². The van der Waals surface area contributed by atoms with E-state index in [2.05, 4.69) is 11.5 Å². The molecule has 2 fully saturated rings. The standard InChI is InChI=1S/C24H23F3N4O/c1-16-4-7-19(8-5-16)31-17(2)30(22(32)23(31)10-12-29(3)13-11-23)20-9-6-18(15-28)21(14-20)24(25,26)27/h4-9,14H,2,10-13H2,1,3H3. The average Bonchev–Trinajstić information content (AvgIpc) is 2.96. The van der Waals surface area contributed by atoms with Gasteiger partial charge in [-0.2, -0.15) is 18.4 Å². The summed E-state index contributed by atoms with van der Waals surface area (Å²) in [5.41, 5.74) is -0.594. The van der Waals surface area contributed by atoms with E-state index in [1.165, 1.54) is 11.0 Å². The molecule has 0 unspecified atom stereocenters. The van der Waals surface area contributed by atoms with Crippen LogP contribution >= 0.6 is 0 Å². The maximum atomic E-state index is 13.8. The molecule has 2 heterocycles. The third kappa shape index (κ3) is 3.43. The number of anilines is 2. The second-order valence-corrected chi connectivity index (χ2v) is 8.40. The summed E-state index contributed by atoms with van der Waals surface area (Å²) in [7, 11) is 1.98. The first kappa shape index (κ1) is 21.9. The van der Waals surface area contributed by atoms with Crippen molar-refractivity contribution in [1.82, 2.24) is 4.90 Å². The van der Waals surface area contributed by atoms with E-state index in [9.17, 15) is 18.0 Å². The van der Waals surface area contributed by atoms with Gasteiger partial charge in [0.05, 0.1) is 22.9 Å². The summed E-state index contributed by atoms with van der Waals surface area (Å²) in [6.45, 7) is 7.43. The molecule has 1 spiro atoms. The summed E-state index contributed by atoms with van der Waals surface area (Å²) >= 11 is 0. The number of nitriles is 1. The molecule has 0 N–H and O–H groups in total. The van der Waals surface area contributed by atoms with Crippen LogP contribution in [-0.4, -0.2) is 36.5 Å². The fourth-order valence-electron chi connectivity index (χ4n) is 4.55. The SMILES string of the molecule is C=C1N(c2ccc(C#N)c(C(F)(F)F)c2)C(=O)C2(CCN(C)CC2)N1c1ccc(C)cc1. The number of alkyl halides is 3. The summed E-state index contributed by atoms with van der Waals surface area (Å²) in [4.78, 5) is 19.1. The third-order valence-electron chi connectivity index (χ3n) is 6.34. The maximum absolute atomic E-state index is 13.8. The van der Waals surface area contributed by atoms with E-state index in [1.54, 1.807) is 6.07 Å². The molecule has 0 atom stereocenters. The lowest BCUT2D eigenvalue weighted by Gasteiger charge is -2.42. The molecule has 2 saturated heterocycles. The highest BCUT2D eigenvalue weighted by atomic mass is 19.4. The van der Waals surface area contributed by atoms with E-state index in [-0.39, 0.29) is 11.6 Å². The molecule has 2 aliphatic heterocycles. The Morgan fingerprint density at radius 1 is 1.06 bits per heavy atom. The molecule has 1 amide bonds. The Balaban J connectivity index is 1.85. The molecule has 0 saturated carbocycles. The van der Waals surface area contributed by atoms with Crippen LogP contribution in [-0.2, 0) is 11.0 Å². The summed E-state index contributed by atoms with van der Waals surface area (Å²) in [5.74, 6) is 0.00949. The van der Waals surface area contributed by atoms with Crippen molar-refractivity contribution >= 4 is 17.3 Å². The van der Waals surface area contributed by atoms with Gasteiger partial charge in [0.2, 0.25) is 0 Å². The van der Waals surface area contributed by atoms with Crippen molar-refractivity contribution in [2.45, 2.75) is 31.5 Å². The highest BCUT2D eigenvalue weighted by Gasteiger charge is 2.56. The number of carbonyl (C=O) groups is 1. The first-order chi connectivity index (χ1) is 15.1. The predicted molar refractivity (Wildman–Crippen MR) is 116 cm³/mol. The Morgan fingerprint density at radius 2 is 1.66 bits per heavy atom. The van der Waals surface area contributed by atoms with Crippen LogP contribution in [0.1, 0.15) is 29.5 Å². The number of likely N-dealkylation sites (tertiary alicyclic amines) is 1. The Bertz CT molecular complexity index is 1110. The van der Waals surface area contributed by atoms with E-state index in [4.69, 9.17) is 5.26 Å². The first-order valence-corrected chi connectivity index (χ1v) is 10.3. The zero-order valence-corrected chi connectivity index (χ0v) is 17.9. The highest BCUT2D eigenvalue weighted by Crippen LogP contribution is 2.46. The van der Waals surface area contributed by atoms with Crippen LogP contribution in [0.4, 0.5) is 24.5 Å². The molecule has 2 aromatic rings. The second kappa shape index (κ2) is 7.68. The highest BCUT2D eigenvalue weighted by molar-refractivity contribution is 6.10. The van der Waals surface area contributed by atoms with Crippen molar-refractivity contribution in [2.24, 2.45) is 0 Å². The Hall–Kier alpha value is -3.31. The van der Waals surface area contributed by atoms with Gasteiger partial charge in [-0.05, 0) is 57.1 Å². The average molecular weight is 440 g/mol. The number of aryl methyl sites for hydroxylation is 1. The number of hydrogen-bond acceptors (Lipinski definition) is 4. The first-order valence-electron chi connectivity index (χ1n) is 10.3. The van der Waals surface area contributed by atoms with Crippen molar-refractivity contribution in [3.8, 4) is 6.07 Å². The van der Waals surface area contributed by atoms with Crippen molar-refractivity contribution in [3.63, 3.8) is 0 Å². The molecule has 8 heteroatoms. The van der Waals surface area contributed by atoms with Crippen molar-refractivity contribution in [3.05, 3.63) is 71.6 Å². The van der Waals surface area contributed by atoms with Gasteiger partial charge >= 0.3 is 6.18 Å². The van der Waals surface area contributed by atoms with Gasteiger partial charge < -0.3 is 9.80 Å². The van der Waals surface area contributed by atoms with E-state index in [1.807, 2.05) is 43.1 Å². The van der Waals surface area contributed by atoms with E-state index in [0.717, 1.165) is 23.4 Å². The van der Waals surface area contributed by atoms with Gasteiger partial charge in [0.1, 0.15) is 11.4 Å². The lowest BCUT2D eigenvalue weighted by atomic mass is 9.85. The van der Waals surface area contributed by atoms with Crippen LogP contribution in [0.5, 0.6) is 0 Å². The summed E-state index contributed by atoms with van der Waals surface area (Å²) in [5, 5.41) is 9.12. The lowest BCUT2D eigenvalue weighted by Crippen LogP contribution is -2.55. The Morgan fingerprint density at radius 3 is 2.22 bits per heavy atom. The normalized spacial score (nSPS) is 19.0. The Kier molecular flexibility index (Phi) is 5.25. The maximum Gasteiger partial charge on any atom is 0.417 e. The van der Waals surface area contributed by atoms with E-state index < -0.39 is 22.8 Å². The molecule has 0 bridgehead atoms. The van der Waals surface area contributed by atoms with Gasteiger partial charge in [0, 0.05) is 18.8 Å². The van der Waals surface area contributed by atoms with Crippen LogP contribution < -0.4 is 9.80 Å². The van der Waals surface area contributed by atoms with Crippen LogP contribution in [0.2, 0.25) is 0 Å². The number of hydrogen-bond donors (Lipinski definition) is 0. The minimum Gasteiger partial charge on any atom is -0.313 e. The largest absolute Gasteiger partial charge is 0.417 e. The second-order valence-electron chi connectivity index (χ2n) is 8.40. The number of amides is 1. The van der Waals surface area contributed by atoms with Crippen LogP contribution in [0, 0.1) is 18.3 Å². The van der Waals surface area contributed by atoms with E-state index in [0.29, 0.717) is 31.8 Å². The monoisotopic (exact) mass is 440 g/mol. The van der Waals surface area contributed by atoms with Gasteiger partial charge in [0.25, 0.3) is 5.91 Å². The van der Waals surface area contributed by atoms with Gasteiger partial charge in [-0.1, -0.05) is 24.3 Å². The fraction of sp³-hybridized carbons (Fsp3) is 0.333. The van der Waals surface area contributed by atoms with Gasteiger partial charge in [0.15, 0.2) is 0 Å². The minimum atomic E-state index is -4.72. The molecule has 166 valence electrons. The molecule has 2 aliphatic rings. The van der Waals surface area contributed by atoms with E-state index >= 15 is 0 Å². The molecular formula is C24H23F3N4O. The molecule has 2 aromatic carbocycles. The van der Waals surface area contributed by atoms with Crippen LogP contribution in [0.15, 0.2) is 54.9 Å². The lowest BCUT2D eigenvalue weighted by molar-refractivity contribution is -0.137. The number of benzene rings is 2. The quantitative estimate of drug-likeness (QED) is 0.681. The third-order valence-corrected chi connectivity index (χ3v) is 6.34. The fourth-order valence-corrected chi connectivity index (χ4v) is 4.55. The topological polar surface area (TPSA) is 50.6 Å². The Labute approximate surface area is 184 Å². The number of carbonyl (C=O) groups excluding carboxylic acids is 1. The van der Waals surface area contributed by atoms with Crippen molar-refractivity contribution in [2.75, 3.05) is 29.9 Å². The molecule has 0 aliphatic carbocycles. The van der Waals surface area contributed by atoms with Gasteiger partial charge in [-0.3, -0.25) is 9.69 Å². The molecule has 5 nitrogen and oxygen atoms in total. The molecule has 4 rings (SSSR count). The molecule has 0 aromatic heterocycles. The van der Waals surface area contributed by atoms with Crippen molar-refractivity contribution < 1.29 is 18.0 Å². The number of rotatable bonds is 2. The summed E-state index contributed by atoms with van der Waals surface area (Å²) < 4.78 is 40.7. The zero-order valence-electron chi connectivity index (χ0n) is 17.9. The predicted octanol–water partition coefficient (Wildman–Crippen LogP) is 4.67. The molecule has 32 heavy (non-hydrogen) atoms. The van der Waals surface area contributed by atoms with Crippen LogP contribution in [0.3, 0.4) is 0 Å². The molecule has 0 radical (unpaired) electrons. The van der Waals surface area contributed by atoms with Gasteiger partial charge in [-0.25, -0.2) is 0 Å². The summed E-state index contributed by atoms with van der Waals surface area (Å²) in [6.07, 6.45) is -3.67. The molecular weight excluding hydrogens is 417 g/mol. The zero-order chi connectivity index (χ0) is 23.3. The number of halogens is 3. The van der Waals surface area contributed by atoms with Gasteiger partial charge in [-0.15, -0.1) is 0 Å². The summed E-state index contributed by atoms with van der Waals surface area (Å²) in [6, 6.07) is 12.6. The number of nitrogens with zero attached hydrogens (tertiary/aromatic N) is 4. The smallest absolute Gasteiger partial charge is 0.313 e. The number of piperidine rings is 1. The minimum absolute atomic E-state index is 0.0549. The van der Waals surface area contributed by atoms with Crippen LogP contribution in [0.25, 0.3) is 0 Å².